The molecule has 6 nitrogen and oxygen atoms in total. The van der Waals surface area contributed by atoms with Crippen LogP contribution in [-0.2, 0) is 11.2 Å². The number of hydrogen-bond acceptors (Lipinski definition) is 6. The first kappa shape index (κ1) is 23.7. The van der Waals surface area contributed by atoms with Crippen molar-refractivity contribution < 1.29 is 23.8 Å². The highest BCUT2D eigenvalue weighted by molar-refractivity contribution is 8.26. The number of carbonyl (C=O) groups excluding carboxylic acids is 2. The van der Waals surface area contributed by atoms with E-state index in [1.807, 2.05) is 54.6 Å². The molecule has 1 N–H and O–H groups in total. The predicted octanol–water partition coefficient (Wildman–Crippen LogP) is 6.30. The van der Waals surface area contributed by atoms with Crippen LogP contribution in [0.4, 0.5) is 4.79 Å². The predicted molar refractivity (Wildman–Crippen MR) is 133 cm³/mol. The molecule has 0 radical (unpaired) electrons. The highest BCUT2D eigenvalue weighted by Gasteiger charge is 2.32. The largest absolute Gasteiger partial charge is 0.493 e. The van der Waals surface area contributed by atoms with Gasteiger partial charge in [0.2, 0.25) is 5.12 Å². The summed E-state index contributed by atoms with van der Waals surface area (Å²) in [7, 11) is 0. The number of carbonyl (C=O) groups is 2. The van der Waals surface area contributed by atoms with Gasteiger partial charge in [-0.1, -0.05) is 49.7 Å². The standard InChI is InChI=1S/C27H27NO5S/c1-2-7-19-10-15-23(33-22-8-4-3-5-9-22)18-24(19)32-17-6-16-31-21-13-11-20(12-14-21)25-26(29)34-27(30)28-25/h3-5,8-15,18,25H,2,6-7,16-17H2,1H3,(H,28,30). The van der Waals surface area contributed by atoms with E-state index in [9.17, 15) is 9.59 Å². The molecule has 1 heterocycles. The van der Waals surface area contributed by atoms with Crippen LogP contribution in [0.3, 0.4) is 0 Å². The molecule has 3 aromatic carbocycles. The summed E-state index contributed by atoms with van der Waals surface area (Å²) in [6.07, 6.45) is 2.68. The Kier molecular flexibility index (Phi) is 8.09. The minimum Gasteiger partial charge on any atom is -0.493 e. The Balaban J connectivity index is 1.27. The van der Waals surface area contributed by atoms with Crippen LogP contribution in [0.5, 0.6) is 23.0 Å². The molecule has 1 amide bonds. The van der Waals surface area contributed by atoms with Crippen LogP contribution in [0.2, 0.25) is 0 Å². The maximum Gasteiger partial charge on any atom is 0.287 e. The van der Waals surface area contributed by atoms with E-state index in [2.05, 4.69) is 18.3 Å². The molecular weight excluding hydrogens is 450 g/mol. The van der Waals surface area contributed by atoms with E-state index in [1.54, 1.807) is 12.1 Å². The van der Waals surface area contributed by atoms with Gasteiger partial charge in [0.25, 0.3) is 5.24 Å². The van der Waals surface area contributed by atoms with Gasteiger partial charge < -0.3 is 19.5 Å². The lowest BCUT2D eigenvalue weighted by molar-refractivity contribution is -0.112. The molecular formula is C27H27NO5S. The van der Waals surface area contributed by atoms with Crippen molar-refractivity contribution in [2.75, 3.05) is 13.2 Å². The lowest BCUT2D eigenvalue weighted by atomic mass is 10.1. The van der Waals surface area contributed by atoms with Gasteiger partial charge in [-0.3, -0.25) is 9.59 Å². The average molecular weight is 478 g/mol. The second kappa shape index (κ2) is 11.6. The average Bonchev–Trinajstić information content (AvgIpc) is 3.19. The fourth-order valence-electron chi connectivity index (χ4n) is 3.60. The summed E-state index contributed by atoms with van der Waals surface area (Å²) in [5.41, 5.74) is 1.91. The molecule has 176 valence electrons. The zero-order chi connectivity index (χ0) is 23.8. The second-order valence-electron chi connectivity index (χ2n) is 7.84. The molecule has 0 saturated carbocycles. The Morgan fingerprint density at radius 2 is 1.59 bits per heavy atom. The smallest absolute Gasteiger partial charge is 0.287 e. The van der Waals surface area contributed by atoms with Crippen LogP contribution in [0.1, 0.15) is 36.9 Å². The Morgan fingerprint density at radius 1 is 0.853 bits per heavy atom. The maximum atomic E-state index is 11.8. The van der Waals surface area contributed by atoms with Crippen molar-refractivity contribution >= 4 is 22.1 Å². The van der Waals surface area contributed by atoms with Gasteiger partial charge in [0, 0.05) is 24.2 Å². The molecule has 0 aromatic heterocycles. The molecule has 1 saturated heterocycles. The fraction of sp³-hybridized carbons (Fsp3) is 0.259. The number of para-hydroxylation sites is 1. The second-order valence-corrected chi connectivity index (χ2v) is 8.82. The van der Waals surface area contributed by atoms with Crippen molar-refractivity contribution in [2.24, 2.45) is 0 Å². The van der Waals surface area contributed by atoms with Gasteiger partial charge in [-0.25, -0.2) is 0 Å². The van der Waals surface area contributed by atoms with E-state index in [1.165, 1.54) is 0 Å². The molecule has 3 aromatic rings. The van der Waals surface area contributed by atoms with Crippen LogP contribution in [0.15, 0.2) is 72.8 Å². The normalized spacial score (nSPS) is 15.1. The lowest BCUT2D eigenvalue weighted by Gasteiger charge is -2.14. The van der Waals surface area contributed by atoms with Gasteiger partial charge in [-0.15, -0.1) is 0 Å². The topological polar surface area (TPSA) is 73.9 Å². The van der Waals surface area contributed by atoms with Crippen LogP contribution in [0.25, 0.3) is 0 Å². The van der Waals surface area contributed by atoms with Gasteiger partial charge >= 0.3 is 0 Å². The molecule has 1 atom stereocenters. The van der Waals surface area contributed by atoms with Crippen molar-refractivity contribution in [3.63, 3.8) is 0 Å². The number of thioether (sulfide) groups is 1. The van der Waals surface area contributed by atoms with Crippen molar-refractivity contribution in [1.82, 2.24) is 5.32 Å². The van der Waals surface area contributed by atoms with Crippen LogP contribution < -0.4 is 19.5 Å². The van der Waals surface area contributed by atoms with E-state index < -0.39 is 6.04 Å². The highest BCUT2D eigenvalue weighted by Crippen LogP contribution is 2.30. The van der Waals surface area contributed by atoms with E-state index in [0.29, 0.717) is 37.1 Å². The Labute approximate surface area is 203 Å². The monoisotopic (exact) mass is 477 g/mol. The minimum atomic E-state index is -0.584. The Hall–Kier alpha value is -3.45. The number of nitrogens with one attached hydrogen (secondary N) is 1. The van der Waals surface area contributed by atoms with Gasteiger partial charge in [0.1, 0.15) is 29.0 Å². The quantitative estimate of drug-likeness (QED) is 0.327. The summed E-state index contributed by atoms with van der Waals surface area (Å²) in [6, 6.07) is 22.3. The molecule has 34 heavy (non-hydrogen) atoms. The van der Waals surface area contributed by atoms with E-state index in [-0.39, 0.29) is 10.4 Å². The number of amides is 1. The minimum absolute atomic E-state index is 0.184. The number of aryl methyl sites for hydroxylation is 1. The SMILES string of the molecule is CCCc1ccc(Oc2ccccc2)cc1OCCCOc1ccc(C2NC(=O)SC2=O)cc1. The van der Waals surface area contributed by atoms with Crippen LogP contribution >= 0.6 is 11.8 Å². The number of benzene rings is 3. The zero-order valence-electron chi connectivity index (χ0n) is 19.0. The Morgan fingerprint density at radius 3 is 2.29 bits per heavy atom. The molecule has 4 rings (SSSR count). The van der Waals surface area contributed by atoms with Gasteiger partial charge in [0.05, 0.1) is 13.2 Å². The summed E-state index contributed by atoms with van der Waals surface area (Å²) >= 11 is 0.708. The summed E-state index contributed by atoms with van der Waals surface area (Å²) in [4.78, 5) is 23.2. The van der Waals surface area contributed by atoms with Crippen molar-refractivity contribution in [3.05, 3.63) is 83.9 Å². The summed E-state index contributed by atoms with van der Waals surface area (Å²) in [5, 5.41) is 2.16. The molecule has 0 bridgehead atoms. The third-order valence-corrected chi connectivity index (χ3v) is 6.00. The van der Waals surface area contributed by atoms with Gasteiger partial charge in [-0.05, 0) is 47.9 Å². The highest BCUT2D eigenvalue weighted by atomic mass is 32.2. The van der Waals surface area contributed by atoms with Crippen molar-refractivity contribution in [2.45, 2.75) is 32.2 Å². The third-order valence-electron chi connectivity index (χ3n) is 5.26. The van der Waals surface area contributed by atoms with Crippen LogP contribution in [0, 0.1) is 0 Å². The fourth-order valence-corrected chi connectivity index (χ4v) is 4.27. The zero-order valence-corrected chi connectivity index (χ0v) is 19.8. The number of hydrogen-bond donors (Lipinski definition) is 1. The molecule has 1 fully saturated rings. The summed E-state index contributed by atoms with van der Waals surface area (Å²) in [5.74, 6) is 3.07. The Bertz CT molecular complexity index is 1120. The summed E-state index contributed by atoms with van der Waals surface area (Å²) < 4.78 is 17.8. The first-order valence-corrected chi connectivity index (χ1v) is 12.2. The number of rotatable bonds is 11. The van der Waals surface area contributed by atoms with Crippen molar-refractivity contribution in [1.29, 1.82) is 0 Å². The van der Waals surface area contributed by atoms with E-state index in [4.69, 9.17) is 14.2 Å². The van der Waals surface area contributed by atoms with Crippen molar-refractivity contribution in [3.8, 4) is 23.0 Å². The van der Waals surface area contributed by atoms with Gasteiger partial charge in [0.15, 0.2) is 0 Å². The van der Waals surface area contributed by atoms with Crippen LogP contribution in [-0.4, -0.2) is 23.6 Å². The maximum absolute atomic E-state index is 11.8. The van der Waals surface area contributed by atoms with E-state index in [0.717, 1.165) is 41.2 Å². The molecule has 1 aliphatic rings. The molecule has 7 heteroatoms. The first-order valence-electron chi connectivity index (χ1n) is 11.4. The molecule has 0 spiro atoms. The third kappa shape index (κ3) is 6.32. The lowest BCUT2D eigenvalue weighted by Crippen LogP contribution is -2.19. The molecule has 0 aliphatic carbocycles. The van der Waals surface area contributed by atoms with E-state index >= 15 is 0 Å². The molecule has 1 aliphatic heterocycles. The number of ether oxygens (including phenoxy) is 3. The van der Waals surface area contributed by atoms with Gasteiger partial charge in [-0.2, -0.15) is 0 Å². The summed E-state index contributed by atoms with van der Waals surface area (Å²) in [6.45, 7) is 3.16. The first-order chi connectivity index (χ1) is 16.6. The molecule has 1 unspecified atom stereocenters.